The van der Waals surface area contributed by atoms with Crippen molar-refractivity contribution in [3.05, 3.63) is 64.7 Å². The fourth-order valence-electron chi connectivity index (χ4n) is 1.75. The third-order valence-electron chi connectivity index (χ3n) is 2.87. The van der Waals surface area contributed by atoms with Crippen LogP contribution in [0.2, 0.25) is 0 Å². The first-order valence-electron chi connectivity index (χ1n) is 5.93. The number of aryl methyl sites for hydroxylation is 1. The molecule has 2 aromatic carbocycles. The van der Waals surface area contributed by atoms with Crippen LogP contribution >= 0.6 is 11.6 Å². The predicted molar refractivity (Wildman–Crippen MR) is 75.0 cm³/mol. The Bertz CT molecular complexity index is 658. The minimum absolute atomic E-state index is 0.258. The van der Waals surface area contributed by atoms with Crippen LogP contribution in [0.5, 0.6) is 0 Å². The third kappa shape index (κ3) is 2.96. The highest BCUT2D eigenvalue weighted by atomic mass is 35.5. The lowest BCUT2D eigenvalue weighted by Gasteiger charge is -2.09. The van der Waals surface area contributed by atoms with Crippen molar-refractivity contribution < 1.29 is 13.6 Å². The van der Waals surface area contributed by atoms with Gasteiger partial charge in [0.15, 0.2) is 5.82 Å². The molecule has 2 rings (SSSR count). The van der Waals surface area contributed by atoms with Gasteiger partial charge in [-0.25, -0.2) is 8.78 Å². The molecule has 0 heterocycles. The normalized spacial score (nSPS) is 10.4. The van der Waals surface area contributed by atoms with E-state index in [9.17, 15) is 13.6 Å². The van der Waals surface area contributed by atoms with Crippen LogP contribution in [0.15, 0.2) is 36.4 Å². The van der Waals surface area contributed by atoms with E-state index < -0.39 is 23.2 Å². The first kappa shape index (κ1) is 14.5. The van der Waals surface area contributed by atoms with E-state index in [0.29, 0.717) is 5.56 Å². The molecule has 0 saturated carbocycles. The van der Waals surface area contributed by atoms with Crippen molar-refractivity contribution >= 4 is 23.2 Å². The van der Waals surface area contributed by atoms with Gasteiger partial charge in [-0.15, -0.1) is 11.6 Å². The molecule has 1 N–H and O–H groups in total. The standard InChI is InChI=1S/C15H12ClF2NO/c1-9-5-6-12(17)14(13(9)18)19-15(20)11-4-2-3-10(7-11)8-16/h2-7H,8H2,1H3,(H,19,20). The van der Waals surface area contributed by atoms with Crippen molar-refractivity contribution in [2.45, 2.75) is 12.8 Å². The molecule has 0 aliphatic heterocycles. The maximum absolute atomic E-state index is 13.8. The zero-order valence-corrected chi connectivity index (χ0v) is 11.5. The molecule has 104 valence electrons. The Morgan fingerprint density at radius 1 is 1.25 bits per heavy atom. The van der Waals surface area contributed by atoms with Crippen molar-refractivity contribution in [3.63, 3.8) is 0 Å². The molecule has 0 unspecified atom stereocenters. The molecule has 5 heteroatoms. The quantitative estimate of drug-likeness (QED) is 0.842. The van der Waals surface area contributed by atoms with Crippen molar-refractivity contribution in [2.75, 3.05) is 5.32 Å². The van der Waals surface area contributed by atoms with E-state index >= 15 is 0 Å². The van der Waals surface area contributed by atoms with Crippen molar-refractivity contribution in [3.8, 4) is 0 Å². The van der Waals surface area contributed by atoms with Gasteiger partial charge >= 0.3 is 0 Å². The highest BCUT2D eigenvalue weighted by Gasteiger charge is 2.15. The molecule has 0 aromatic heterocycles. The number of alkyl halides is 1. The van der Waals surface area contributed by atoms with Gasteiger partial charge in [-0.2, -0.15) is 0 Å². The van der Waals surface area contributed by atoms with E-state index in [1.54, 1.807) is 24.3 Å². The van der Waals surface area contributed by atoms with Crippen LogP contribution in [0.1, 0.15) is 21.5 Å². The number of carbonyl (C=O) groups excluding carboxylic acids is 1. The highest BCUT2D eigenvalue weighted by Crippen LogP contribution is 2.22. The minimum atomic E-state index is -0.810. The summed E-state index contributed by atoms with van der Waals surface area (Å²) >= 11 is 5.68. The molecule has 0 aliphatic carbocycles. The molecule has 0 aliphatic rings. The van der Waals surface area contributed by atoms with Crippen LogP contribution in [0.4, 0.5) is 14.5 Å². The number of anilines is 1. The molecule has 2 aromatic rings. The Kier molecular flexibility index (Phi) is 4.35. The fourth-order valence-corrected chi connectivity index (χ4v) is 1.92. The number of carbonyl (C=O) groups is 1. The topological polar surface area (TPSA) is 29.1 Å². The molecular formula is C15H12ClF2NO. The largest absolute Gasteiger partial charge is 0.317 e. The van der Waals surface area contributed by atoms with E-state index in [-0.39, 0.29) is 11.4 Å². The second kappa shape index (κ2) is 6.01. The lowest BCUT2D eigenvalue weighted by molar-refractivity contribution is 0.102. The highest BCUT2D eigenvalue weighted by molar-refractivity contribution is 6.17. The number of halogens is 3. The summed E-state index contributed by atoms with van der Waals surface area (Å²) < 4.78 is 27.4. The lowest BCUT2D eigenvalue weighted by atomic mass is 10.1. The summed E-state index contributed by atoms with van der Waals surface area (Å²) in [5, 5.41) is 2.25. The summed E-state index contributed by atoms with van der Waals surface area (Å²) in [6.45, 7) is 1.50. The molecule has 0 radical (unpaired) electrons. The summed E-state index contributed by atoms with van der Waals surface area (Å²) in [5.74, 6) is -1.91. The maximum Gasteiger partial charge on any atom is 0.255 e. The van der Waals surface area contributed by atoms with Crippen LogP contribution in [-0.4, -0.2) is 5.91 Å². The SMILES string of the molecule is Cc1ccc(F)c(NC(=O)c2cccc(CCl)c2)c1F. The Hall–Kier alpha value is -1.94. The average Bonchev–Trinajstić information content (AvgIpc) is 2.47. The van der Waals surface area contributed by atoms with Gasteiger partial charge in [0.1, 0.15) is 11.5 Å². The molecule has 0 fully saturated rings. The average molecular weight is 296 g/mol. The number of benzene rings is 2. The van der Waals surface area contributed by atoms with Gasteiger partial charge in [0.25, 0.3) is 5.91 Å². The molecule has 0 bridgehead atoms. The number of rotatable bonds is 3. The number of nitrogens with one attached hydrogen (secondary N) is 1. The van der Waals surface area contributed by atoms with Crippen LogP contribution in [0, 0.1) is 18.6 Å². The minimum Gasteiger partial charge on any atom is -0.317 e. The van der Waals surface area contributed by atoms with Crippen LogP contribution in [0.3, 0.4) is 0 Å². The van der Waals surface area contributed by atoms with Gasteiger partial charge in [-0.3, -0.25) is 4.79 Å². The van der Waals surface area contributed by atoms with E-state index in [2.05, 4.69) is 5.32 Å². The van der Waals surface area contributed by atoms with Gasteiger partial charge in [0, 0.05) is 11.4 Å². The number of hydrogen-bond donors (Lipinski definition) is 1. The molecule has 1 amide bonds. The van der Waals surface area contributed by atoms with Crippen LogP contribution in [-0.2, 0) is 5.88 Å². The molecule has 0 saturated heterocycles. The molecular weight excluding hydrogens is 284 g/mol. The molecule has 0 atom stereocenters. The predicted octanol–water partition coefficient (Wildman–Crippen LogP) is 4.26. The van der Waals surface area contributed by atoms with E-state index in [0.717, 1.165) is 11.6 Å². The second-order valence-electron chi connectivity index (χ2n) is 4.34. The maximum atomic E-state index is 13.8. The number of amides is 1. The van der Waals surface area contributed by atoms with E-state index in [1.165, 1.54) is 13.0 Å². The summed E-state index contributed by atoms with van der Waals surface area (Å²) in [4.78, 5) is 12.0. The van der Waals surface area contributed by atoms with Crippen molar-refractivity contribution in [1.29, 1.82) is 0 Å². The van der Waals surface area contributed by atoms with Crippen molar-refractivity contribution in [1.82, 2.24) is 0 Å². The van der Waals surface area contributed by atoms with Gasteiger partial charge in [0.2, 0.25) is 0 Å². The zero-order chi connectivity index (χ0) is 14.7. The van der Waals surface area contributed by atoms with Crippen molar-refractivity contribution in [2.24, 2.45) is 0 Å². The first-order chi connectivity index (χ1) is 9.52. The summed E-state index contributed by atoms with van der Waals surface area (Å²) in [6.07, 6.45) is 0. The lowest BCUT2D eigenvalue weighted by Crippen LogP contribution is -2.15. The van der Waals surface area contributed by atoms with E-state index in [1.807, 2.05) is 0 Å². The van der Waals surface area contributed by atoms with Gasteiger partial charge in [-0.1, -0.05) is 18.2 Å². The Morgan fingerprint density at radius 3 is 2.70 bits per heavy atom. The summed E-state index contributed by atoms with van der Waals surface area (Å²) in [5.41, 5.74) is 0.871. The summed E-state index contributed by atoms with van der Waals surface area (Å²) in [6, 6.07) is 8.98. The smallest absolute Gasteiger partial charge is 0.255 e. The van der Waals surface area contributed by atoms with Gasteiger partial charge in [-0.05, 0) is 36.2 Å². The number of hydrogen-bond acceptors (Lipinski definition) is 1. The van der Waals surface area contributed by atoms with Crippen LogP contribution < -0.4 is 5.32 Å². The van der Waals surface area contributed by atoms with Gasteiger partial charge < -0.3 is 5.32 Å². The third-order valence-corrected chi connectivity index (χ3v) is 3.17. The fraction of sp³-hybridized carbons (Fsp3) is 0.133. The Morgan fingerprint density at radius 2 is 2.00 bits per heavy atom. The monoisotopic (exact) mass is 295 g/mol. The first-order valence-corrected chi connectivity index (χ1v) is 6.47. The second-order valence-corrected chi connectivity index (χ2v) is 4.61. The molecule has 2 nitrogen and oxygen atoms in total. The van der Waals surface area contributed by atoms with Gasteiger partial charge in [0.05, 0.1) is 0 Å². The molecule has 0 spiro atoms. The van der Waals surface area contributed by atoms with Crippen LogP contribution in [0.25, 0.3) is 0 Å². The zero-order valence-electron chi connectivity index (χ0n) is 10.7. The summed E-state index contributed by atoms with van der Waals surface area (Å²) in [7, 11) is 0. The Labute approximate surface area is 120 Å². The molecule has 20 heavy (non-hydrogen) atoms. The Balaban J connectivity index is 2.30. The van der Waals surface area contributed by atoms with E-state index in [4.69, 9.17) is 11.6 Å².